The predicted molar refractivity (Wildman–Crippen MR) is 103 cm³/mol. The van der Waals surface area contributed by atoms with E-state index in [-0.39, 0.29) is 4.75 Å². The molecule has 0 spiro atoms. The topological polar surface area (TPSA) is 66.0 Å². The van der Waals surface area contributed by atoms with Crippen LogP contribution in [0.5, 0.6) is 0 Å². The van der Waals surface area contributed by atoms with Crippen molar-refractivity contribution in [1.29, 1.82) is 0 Å². The van der Waals surface area contributed by atoms with Crippen molar-refractivity contribution in [3.05, 3.63) is 0 Å². The van der Waals surface area contributed by atoms with Gasteiger partial charge < -0.3 is 20.3 Å². The van der Waals surface area contributed by atoms with Crippen LogP contribution in [-0.4, -0.2) is 78.6 Å². The van der Waals surface area contributed by atoms with Gasteiger partial charge in [0.1, 0.15) is 0 Å². The van der Waals surface area contributed by atoms with Gasteiger partial charge in [-0.15, -0.1) is 0 Å². The largest absolute Gasteiger partial charge is 0.385 e. The molecule has 0 radical (unpaired) electrons. The van der Waals surface area contributed by atoms with Crippen LogP contribution < -0.4 is 10.6 Å². The zero-order valence-electron chi connectivity index (χ0n) is 16.1. The van der Waals surface area contributed by atoms with Gasteiger partial charge in [0.2, 0.25) is 0 Å². The van der Waals surface area contributed by atoms with Gasteiger partial charge in [0.15, 0.2) is 5.96 Å². The van der Waals surface area contributed by atoms with E-state index in [2.05, 4.69) is 20.5 Å². The van der Waals surface area contributed by atoms with Crippen molar-refractivity contribution in [2.24, 2.45) is 4.99 Å². The molecule has 1 rings (SSSR count). The highest BCUT2D eigenvalue weighted by Crippen LogP contribution is 2.11. The molecule has 2 N–H and O–H groups in total. The monoisotopic (exact) mass is 360 g/mol. The van der Waals surface area contributed by atoms with Gasteiger partial charge in [-0.25, -0.2) is 0 Å². The number of piperidine rings is 1. The molecule has 0 bridgehead atoms. The maximum absolute atomic E-state index is 12.1. The molecule has 1 heterocycles. The summed E-state index contributed by atoms with van der Waals surface area (Å²) in [4.78, 5) is 6.79. The van der Waals surface area contributed by atoms with Gasteiger partial charge in [-0.05, 0) is 40.0 Å². The lowest BCUT2D eigenvalue weighted by Crippen LogP contribution is -2.49. The fourth-order valence-electron chi connectivity index (χ4n) is 2.69. The molecule has 0 amide bonds. The Morgan fingerprint density at radius 3 is 2.54 bits per heavy atom. The number of hydrogen-bond acceptors (Lipinski definition) is 4. The van der Waals surface area contributed by atoms with Crippen LogP contribution in [0.15, 0.2) is 4.99 Å². The molecule has 1 fully saturated rings. The van der Waals surface area contributed by atoms with Gasteiger partial charge in [0.25, 0.3) is 0 Å². The van der Waals surface area contributed by atoms with E-state index in [0.29, 0.717) is 18.3 Å². The van der Waals surface area contributed by atoms with Gasteiger partial charge in [0.05, 0.1) is 0 Å². The van der Waals surface area contributed by atoms with E-state index in [1.54, 1.807) is 14.2 Å². The maximum atomic E-state index is 12.1. The summed E-state index contributed by atoms with van der Waals surface area (Å²) in [5.74, 6) is 1.46. The molecule has 0 saturated carbocycles. The van der Waals surface area contributed by atoms with Crippen molar-refractivity contribution in [3.63, 3.8) is 0 Å². The zero-order chi connectivity index (χ0) is 18.0. The van der Waals surface area contributed by atoms with E-state index in [9.17, 15) is 4.21 Å². The Kier molecular flexibility index (Phi) is 9.85. The van der Waals surface area contributed by atoms with E-state index in [0.717, 1.165) is 51.5 Å². The minimum atomic E-state index is -0.834. The zero-order valence-corrected chi connectivity index (χ0v) is 16.9. The highest BCUT2D eigenvalue weighted by atomic mass is 32.2. The fourth-order valence-corrected chi connectivity index (χ4v) is 3.59. The van der Waals surface area contributed by atoms with Gasteiger partial charge >= 0.3 is 0 Å². The summed E-state index contributed by atoms with van der Waals surface area (Å²) in [6.07, 6.45) is 3.35. The van der Waals surface area contributed by atoms with E-state index >= 15 is 0 Å². The molecule has 1 aliphatic heterocycles. The third-order valence-electron chi connectivity index (χ3n) is 4.24. The Bertz CT molecular complexity index is 402. The number of likely N-dealkylation sites (tertiary alicyclic amines) is 1. The number of guanidine groups is 1. The summed E-state index contributed by atoms with van der Waals surface area (Å²) in [6.45, 7) is 10.9. The summed E-state index contributed by atoms with van der Waals surface area (Å²) in [6, 6.07) is 0.461. The number of rotatable bonds is 8. The molecule has 0 aliphatic carbocycles. The molecule has 1 unspecified atom stereocenters. The maximum Gasteiger partial charge on any atom is 0.191 e. The first-order valence-corrected chi connectivity index (χ1v) is 10.3. The molecule has 142 valence electrons. The lowest BCUT2D eigenvalue weighted by Gasteiger charge is -2.33. The van der Waals surface area contributed by atoms with Crippen LogP contribution in [0.25, 0.3) is 0 Å². The van der Waals surface area contributed by atoms with Crippen molar-refractivity contribution in [1.82, 2.24) is 15.5 Å². The van der Waals surface area contributed by atoms with Crippen molar-refractivity contribution in [2.45, 2.75) is 50.8 Å². The molecular formula is C17H36N4O2S. The van der Waals surface area contributed by atoms with Crippen LogP contribution in [0, 0.1) is 0 Å². The minimum Gasteiger partial charge on any atom is -0.385 e. The van der Waals surface area contributed by atoms with Gasteiger partial charge in [-0.1, -0.05) is 0 Å². The highest BCUT2D eigenvalue weighted by Gasteiger charge is 2.21. The lowest BCUT2D eigenvalue weighted by molar-refractivity contribution is 0.155. The second-order valence-corrected chi connectivity index (χ2v) is 9.59. The standard InChI is InChI=1S/C17H36N4O2S/c1-17(2,3)24(22)14-9-19-16(18-4)20-15-7-11-21(12-8-15)10-6-13-23-5/h15H,6-14H2,1-5H3,(H2,18,19,20). The van der Waals surface area contributed by atoms with Crippen molar-refractivity contribution < 1.29 is 8.95 Å². The summed E-state index contributed by atoms with van der Waals surface area (Å²) in [7, 11) is 2.71. The first-order chi connectivity index (χ1) is 11.4. The first-order valence-electron chi connectivity index (χ1n) is 8.93. The second-order valence-electron chi connectivity index (χ2n) is 7.27. The van der Waals surface area contributed by atoms with Crippen LogP contribution in [-0.2, 0) is 15.5 Å². The molecule has 1 aliphatic rings. The lowest BCUT2D eigenvalue weighted by atomic mass is 10.1. The number of nitrogens with one attached hydrogen (secondary N) is 2. The third kappa shape index (κ3) is 8.44. The van der Waals surface area contributed by atoms with Crippen LogP contribution in [0.1, 0.15) is 40.0 Å². The van der Waals surface area contributed by atoms with Gasteiger partial charge in [-0.2, -0.15) is 0 Å². The number of hydrogen-bond donors (Lipinski definition) is 2. The molecule has 1 atom stereocenters. The molecule has 24 heavy (non-hydrogen) atoms. The molecule has 6 nitrogen and oxygen atoms in total. The summed E-state index contributed by atoms with van der Waals surface area (Å²) >= 11 is 0. The summed E-state index contributed by atoms with van der Waals surface area (Å²) in [5.41, 5.74) is 0. The van der Waals surface area contributed by atoms with Crippen LogP contribution in [0.4, 0.5) is 0 Å². The fraction of sp³-hybridized carbons (Fsp3) is 0.941. The van der Waals surface area contributed by atoms with Crippen molar-refractivity contribution >= 4 is 16.8 Å². The number of ether oxygens (including phenoxy) is 1. The van der Waals surface area contributed by atoms with E-state index in [1.165, 1.54) is 0 Å². The molecule has 0 aromatic rings. The number of nitrogens with zero attached hydrogens (tertiary/aromatic N) is 2. The number of aliphatic imine (C=N–C) groups is 1. The van der Waals surface area contributed by atoms with Crippen LogP contribution in [0.3, 0.4) is 0 Å². The average molecular weight is 361 g/mol. The SMILES string of the molecule is CN=C(NCCS(=O)C(C)(C)C)NC1CCN(CCCOC)CC1. The van der Waals surface area contributed by atoms with Gasteiger partial charge in [-0.3, -0.25) is 9.20 Å². The average Bonchev–Trinajstić information content (AvgIpc) is 2.54. The summed E-state index contributed by atoms with van der Waals surface area (Å²) < 4.78 is 17.0. The second kappa shape index (κ2) is 11.1. The Balaban J connectivity index is 2.24. The van der Waals surface area contributed by atoms with E-state index < -0.39 is 10.8 Å². The molecule has 1 saturated heterocycles. The Labute approximate surface area is 150 Å². The Morgan fingerprint density at radius 2 is 2.00 bits per heavy atom. The Hall–Kier alpha value is -0.660. The predicted octanol–water partition coefficient (Wildman–Crippen LogP) is 1.20. The summed E-state index contributed by atoms with van der Waals surface area (Å²) in [5, 5.41) is 6.78. The number of methoxy groups -OCH3 is 1. The van der Waals surface area contributed by atoms with Gasteiger partial charge in [0, 0.05) is 74.3 Å². The van der Waals surface area contributed by atoms with Crippen LogP contribution in [0.2, 0.25) is 0 Å². The Morgan fingerprint density at radius 1 is 1.33 bits per heavy atom. The molecule has 0 aromatic heterocycles. The third-order valence-corrected chi connectivity index (χ3v) is 6.18. The van der Waals surface area contributed by atoms with Crippen molar-refractivity contribution in [3.8, 4) is 0 Å². The molecule has 7 heteroatoms. The molecular weight excluding hydrogens is 324 g/mol. The smallest absolute Gasteiger partial charge is 0.191 e. The van der Waals surface area contributed by atoms with E-state index in [1.807, 2.05) is 20.8 Å². The van der Waals surface area contributed by atoms with Crippen LogP contribution >= 0.6 is 0 Å². The quantitative estimate of drug-likeness (QED) is 0.387. The minimum absolute atomic E-state index is 0.158. The first kappa shape index (κ1) is 21.4. The molecule has 0 aromatic carbocycles. The van der Waals surface area contributed by atoms with E-state index in [4.69, 9.17) is 4.74 Å². The van der Waals surface area contributed by atoms with Crippen molar-refractivity contribution in [2.75, 3.05) is 52.7 Å². The highest BCUT2D eigenvalue weighted by molar-refractivity contribution is 7.86. The normalized spacial score (nSPS) is 19.3.